The van der Waals surface area contributed by atoms with E-state index >= 15 is 0 Å². The van der Waals surface area contributed by atoms with Gasteiger partial charge in [0.15, 0.2) is 5.65 Å². The van der Waals surface area contributed by atoms with Crippen molar-refractivity contribution in [3.05, 3.63) is 84.4 Å². The molecule has 0 aliphatic heterocycles. The van der Waals surface area contributed by atoms with Gasteiger partial charge >= 0.3 is 0 Å². The maximum Gasteiger partial charge on any atom is 0.265 e. The molecule has 29 heavy (non-hydrogen) atoms. The molecule has 0 bridgehead atoms. The van der Waals surface area contributed by atoms with Crippen LogP contribution >= 0.6 is 0 Å². The zero-order valence-corrected chi connectivity index (χ0v) is 15.8. The third kappa shape index (κ3) is 3.10. The van der Waals surface area contributed by atoms with E-state index in [2.05, 4.69) is 43.9 Å². The predicted molar refractivity (Wildman–Crippen MR) is 117 cm³/mol. The maximum atomic E-state index is 4.59. The quantitative estimate of drug-likeness (QED) is 0.366. The van der Waals surface area contributed by atoms with Crippen LogP contribution in [-0.2, 0) is 7.05 Å². The third-order valence-electron chi connectivity index (χ3n) is 4.92. The summed E-state index contributed by atoms with van der Waals surface area (Å²) in [6.07, 6.45) is 1.78. The highest BCUT2D eigenvalue weighted by atomic mass is 15.4. The molecule has 0 atom stereocenters. The van der Waals surface area contributed by atoms with Gasteiger partial charge in [0, 0.05) is 18.0 Å². The molecule has 0 radical (unpaired) electrons. The van der Waals surface area contributed by atoms with Gasteiger partial charge in [-0.15, -0.1) is 10.2 Å². The van der Waals surface area contributed by atoms with Gasteiger partial charge in [0.2, 0.25) is 0 Å². The molecule has 140 valence electrons. The number of benzene rings is 3. The molecule has 6 heteroatoms. The summed E-state index contributed by atoms with van der Waals surface area (Å²) in [5, 5.41) is 13.9. The first-order valence-electron chi connectivity index (χ1n) is 9.32. The van der Waals surface area contributed by atoms with Crippen LogP contribution in [0.1, 0.15) is 5.56 Å². The van der Waals surface area contributed by atoms with Crippen molar-refractivity contribution in [3.8, 4) is 11.1 Å². The van der Waals surface area contributed by atoms with Crippen molar-refractivity contribution in [3.63, 3.8) is 0 Å². The predicted octanol–water partition coefficient (Wildman–Crippen LogP) is 4.63. The second-order valence-corrected chi connectivity index (χ2v) is 6.71. The number of nitrogens with zero attached hydrogens (tertiary/aromatic N) is 5. The van der Waals surface area contributed by atoms with Gasteiger partial charge in [-0.3, -0.25) is 0 Å². The molecule has 0 amide bonds. The minimum Gasteiger partial charge on any atom is -0.327 e. The van der Waals surface area contributed by atoms with Crippen LogP contribution in [0.2, 0.25) is 0 Å². The molecule has 3 aromatic carbocycles. The van der Waals surface area contributed by atoms with Gasteiger partial charge in [0.1, 0.15) is 5.52 Å². The zero-order valence-electron chi connectivity index (χ0n) is 15.8. The van der Waals surface area contributed by atoms with Gasteiger partial charge in [-0.1, -0.05) is 72.8 Å². The number of aryl methyl sites for hydroxylation is 1. The number of hydrogen-bond donors (Lipinski definition) is 1. The van der Waals surface area contributed by atoms with Gasteiger partial charge in [-0.25, -0.2) is 5.43 Å². The van der Waals surface area contributed by atoms with Gasteiger partial charge in [0.05, 0.1) is 11.7 Å². The van der Waals surface area contributed by atoms with Crippen LogP contribution in [0.25, 0.3) is 33.2 Å². The molecule has 0 aliphatic rings. The lowest BCUT2D eigenvalue weighted by atomic mass is 10.0. The molecule has 2 aromatic heterocycles. The lowest BCUT2D eigenvalue weighted by molar-refractivity contribution is 0.949. The minimum absolute atomic E-state index is 0.358. The van der Waals surface area contributed by atoms with Gasteiger partial charge < -0.3 is 4.57 Å². The van der Waals surface area contributed by atoms with Crippen LogP contribution in [0.5, 0.6) is 0 Å². The van der Waals surface area contributed by atoms with Crippen LogP contribution in [0, 0.1) is 0 Å². The fourth-order valence-corrected chi connectivity index (χ4v) is 3.50. The van der Waals surface area contributed by atoms with Crippen LogP contribution in [0.3, 0.4) is 0 Å². The lowest BCUT2D eigenvalue weighted by Crippen LogP contribution is -2.01. The van der Waals surface area contributed by atoms with Crippen molar-refractivity contribution in [1.82, 2.24) is 19.7 Å². The molecule has 0 saturated heterocycles. The average molecular weight is 378 g/mol. The molecule has 1 N–H and O–H groups in total. The SMILES string of the molecule is Cn1c2ccccc2c2nnc(NN=Cc3ccccc3-c3ccccc3)nc21. The summed E-state index contributed by atoms with van der Waals surface area (Å²) in [7, 11) is 1.97. The van der Waals surface area contributed by atoms with E-state index in [0.29, 0.717) is 5.95 Å². The number of hydrazone groups is 1. The van der Waals surface area contributed by atoms with Gasteiger partial charge in [-0.2, -0.15) is 10.1 Å². The van der Waals surface area contributed by atoms with Crippen molar-refractivity contribution in [2.45, 2.75) is 0 Å². The largest absolute Gasteiger partial charge is 0.327 e. The summed E-state index contributed by atoms with van der Waals surface area (Å²) < 4.78 is 2.01. The molecule has 5 aromatic rings. The molecule has 0 aliphatic carbocycles. The smallest absolute Gasteiger partial charge is 0.265 e. The summed E-state index contributed by atoms with van der Waals surface area (Å²) in [5.74, 6) is 0.358. The molecular formula is C23H18N6. The average Bonchev–Trinajstić information content (AvgIpc) is 3.07. The first-order chi connectivity index (χ1) is 14.3. The fraction of sp³-hybridized carbons (Fsp3) is 0.0435. The van der Waals surface area contributed by atoms with E-state index in [-0.39, 0.29) is 0 Å². The summed E-state index contributed by atoms with van der Waals surface area (Å²) in [4.78, 5) is 4.59. The van der Waals surface area contributed by atoms with Crippen molar-refractivity contribution < 1.29 is 0 Å². The first-order valence-corrected chi connectivity index (χ1v) is 9.32. The highest BCUT2D eigenvalue weighted by Crippen LogP contribution is 2.25. The Labute approximate surface area is 167 Å². The molecule has 0 unspecified atom stereocenters. The van der Waals surface area contributed by atoms with E-state index in [1.807, 2.05) is 72.3 Å². The molecule has 6 nitrogen and oxygen atoms in total. The maximum absolute atomic E-state index is 4.59. The molecule has 0 spiro atoms. The Kier molecular flexibility index (Phi) is 4.22. The second kappa shape index (κ2) is 7.16. The van der Waals surface area contributed by atoms with E-state index in [9.17, 15) is 0 Å². The van der Waals surface area contributed by atoms with Crippen molar-refractivity contribution in [2.24, 2.45) is 12.1 Å². The summed E-state index contributed by atoms with van der Waals surface area (Å²) in [5.41, 5.74) is 8.79. The summed E-state index contributed by atoms with van der Waals surface area (Å²) in [6.45, 7) is 0. The van der Waals surface area contributed by atoms with E-state index in [0.717, 1.165) is 38.8 Å². The monoisotopic (exact) mass is 378 g/mol. The number of aromatic nitrogens is 4. The van der Waals surface area contributed by atoms with Gasteiger partial charge in [0.25, 0.3) is 5.95 Å². The van der Waals surface area contributed by atoms with Crippen LogP contribution in [-0.4, -0.2) is 26.0 Å². The van der Waals surface area contributed by atoms with Crippen LogP contribution in [0.4, 0.5) is 5.95 Å². The Bertz CT molecular complexity index is 1340. The Morgan fingerprint density at radius 3 is 2.52 bits per heavy atom. The Morgan fingerprint density at radius 1 is 0.862 bits per heavy atom. The third-order valence-corrected chi connectivity index (χ3v) is 4.92. The first kappa shape index (κ1) is 17.1. The van der Waals surface area contributed by atoms with Crippen LogP contribution < -0.4 is 5.43 Å². The molecule has 0 fully saturated rings. The molecule has 2 heterocycles. The molecule has 0 saturated carbocycles. The number of fused-ring (bicyclic) bond motifs is 3. The number of para-hydroxylation sites is 1. The van der Waals surface area contributed by atoms with E-state index in [1.165, 1.54) is 0 Å². The lowest BCUT2D eigenvalue weighted by Gasteiger charge is -2.05. The summed E-state index contributed by atoms with van der Waals surface area (Å²) in [6, 6.07) is 26.4. The Hall–Kier alpha value is -4.06. The zero-order chi connectivity index (χ0) is 19.6. The standard InChI is InChI=1S/C23H18N6/c1-29-20-14-8-7-13-19(20)21-22(29)25-23(28-26-21)27-24-15-17-11-5-6-12-18(17)16-9-3-2-4-10-16/h2-15H,1H3,(H,25,27,28). The minimum atomic E-state index is 0.358. The van der Waals surface area contributed by atoms with Gasteiger partial charge in [-0.05, 0) is 17.2 Å². The normalized spacial score (nSPS) is 11.5. The highest BCUT2D eigenvalue weighted by molar-refractivity contribution is 6.04. The number of hydrogen-bond acceptors (Lipinski definition) is 5. The fourth-order valence-electron chi connectivity index (χ4n) is 3.50. The van der Waals surface area contributed by atoms with E-state index in [1.54, 1.807) is 6.21 Å². The summed E-state index contributed by atoms with van der Waals surface area (Å²) >= 11 is 0. The van der Waals surface area contributed by atoms with Crippen molar-refractivity contribution in [1.29, 1.82) is 0 Å². The van der Waals surface area contributed by atoms with E-state index in [4.69, 9.17) is 0 Å². The van der Waals surface area contributed by atoms with Crippen LogP contribution in [0.15, 0.2) is 84.0 Å². The Balaban J connectivity index is 1.45. The molecular weight excluding hydrogens is 360 g/mol. The molecule has 5 rings (SSSR count). The highest BCUT2D eigenvalue weighted by Gasteiger charge is 2.11. The van der Waals surface area contributed by atoms with Crippen molar-refractivity contribution in [2.75, 3.05) is 5.43 Å². The number of anilines is 1. The van der Waals surface area contributed by atoms with Crippen molar-refractivity contribution >= 4 is 34.2 Å². The second-order valence-electron chi connectivity index (χ2n) is 6.71. The number of nitrogens with one attached hydrogen (secondary N) is 1. The Morgan fingerprint density at radius 2 is 1.62 bits per heavy atom. The number of rotatable bonds is 4. The topological polar surface area (TPSA) is 68.0 Å². The van der Waals surface area contributed by atoms with E-state index < -0.39 is 0 Å².